The molecule has 0 amide bonds. The van der Waals surface area contributed by atoms with Crippen molar-refractivity contribution in [1.29, 1.82) is 0 Å². The van der Waals surface area contributed by atoms with E-state index in [1.54, 1.807) is 30.5 Å². The average molecular weight is 277 g/mol. The number of benzene rings is 2. The van der Waals surface area contributed by atoms with Crippen molar-refractivity contribution in [3.05, 3.63) is 89.7 Å². The van der Waals surface area contributed by atoms with E-state index in [2.05, 4.69) is 4.98 Å². The van der Waals surface area contributed by atoms with Gasteiger partial charge in [0.05, 0.1) is 0 Å². The first kappa shape index (κ1) is 13.2. The van der Waals surface area contributed by atoms with Gasteiger partial charge in [-0.2, -0.15) is 0 Å². The number of pyridine rings is 1. The first-order valence-electron chi connectivity index (χ1n) is 6.72. The Morgan fingerprint density at radius 3 is 1.62 bits per heavy atom. The molecule has 3 nitrogen and oxygen atoms in total. The Labute approximate surface area is 123 Å². The van der Waals surface area contributed by atoms with Crippen LogP contribution in [0.4, 0.5) is 0 Å². The van der Waals surface area contributed by atoms with Crippen LogP contribution >= 0.6 is 0 Å². The molecule has 21 heavy (non-hydrogen) atoms. The van der Waals surface area contributed by atoms with Gasteiger partial charge in [-0.3, -0.25) is 4.98 Å². The van der Waals surface area contributed by atoms with Gasteiger partial charge in [-0.05, 0) is 47.0 Å². The molecule has 2 N–H and O–H groups in total. The molecule has 3 aromatic rings. The smallest absolute Gasteiger partial charge is 0.115 e. The molecule has 104 valence electrons. The highest BCUT2D eigenvalue weighted by atomic mass is 16.3. The lowest BCUT2D eigenvalue weighted by molar-refractivity contribution is 0.475. The fourth-order valence-electron chi connectivity index (χ4n) is 2.46. The van der Waals surface area contributed by atoms with Crippen LogP contribution in [0.5, 0.6) is 11.5 Å². The van der Waals surface area contributed by atoms with Gasteiger partial charge < -0.3 is 10.2 Å². The minimum atomic E-state index is 0.0138. The molecule has 0 aliphatic rings. The lowest BCUT2D eigenvalue weighted by Crippen LogP contribution is -2.03. The van der Waals surface area contributed by atoms with E-state index in [1.807, 2.05) is 42.6 Å². The molecule has 2 aromatic carbocycles. The van der Waals surface area contributed by atoms with Crippen LogP contribution in [-0.2, 0) is 0 Å². The average Bonchev–Trinajstić information content (AvgIpc) is 2.52. The summed E-state index contributed by atoms with van der Waals surface area (Å²) in [7, 11) is 0. The quantitative estimate of drug-likeness (QED) is 0.768. The van der Waals surface area contributed by atoms with Crippen LogP contribution in [0.1, 0.15) is 22.6 Å². The van der Waals surface area contributed by atoms with Crippen LogP contribution in [0.25, 0.3) is 0 Å². The molecule has 0 radical (unpaired) electrons. The monoisotopic (exact) mass is 277 g/mol. The zero-order valence-electron chi connectivity index (χ0n) is 11.3. The number of nitrogens with zero attached hydrogens (tertiary/aromatic N) is 1. The lowest BCUT2D eigenvalue weighted by Gasteiger charge is -2.18. The van der Waals surface area contributed by atoms with Crippen LogP contribution < -0.4 is 0 Å². The molecule has 0 saturated carbocycles. The highest BCUT2D eigenvalue weighted by molar-refractivity contribution is 5.44. The Bertz CT molecular complexity index is 661. The maximum absolute atomic E-state index is 9.47. The third-order valence-electron chi connectivity index (χ3n) is 3.47. The maximum atomic E-state index is 9.47. The molecule has 1 heterocycles. The predicted octanol–water partition coefficient (Wildman–Crippen LogP) is 3.67. The zero-order valence-corrected chi connectivity index (χ0v) is 11.3. The molecule has 0 spiro atoms. The van der Waals surface area contributed by atoms with E-state index in [-0.39, 0.29) is 17.4 Å². The predicted molar refractivity (Wildman–Crippen MR) is 81.4 cm³/mol. The number of phenolic OH excluding ortho intramolecular Hbond substituents is 2. The minimum Gasteiger partial charge on any atom is -0.508 e. The highest BCUT2D eigenvalue weighted by Gasteiger charge is 2.16. The third-order valence-corrected chi connectivity index (χ3v) is 3.47. The molecule has 0 bridgehead atoms. The standard InChI is InChI=1S/C18H15NO2/c20-16-7-3-13(4-8-16)18(15-2-1-11-19-12-15)14-5-9-17(21)10-6-14/h1-12,18,20-21H. The van der Waals surface area contributed by atoms with Crippen LogP contribution in [0.3, 0.4) is 0 Å². The summed E-state index contributed by atoms with van der Waals surface area (Å²) in [4.78, 5) is 4.19. The molecule has 0 atom stereocenters. The number of phenols is 2. The van der Waals surface area contributed by atoms with Gasteiger partial charge in [-0.1, -0.05) is 30.3 Å². The van der Waals surface area contributed by atoms with Gasteiger partial charge in [-0.15, -0.1) is 0 Å². The van der Waals surface area contributed by atoms with Gasteiger partial charge in [0, 0.05) is 18.3 Å². The molecular weight excluding hydrogens is 262 g/mol. The van der Waals surface area contributed by atoms with Gasteiger partial charge in [-0.25, -0.2) is 0 Å². The van der Waals surface area contributed by atoms with Gasteiger partial charge in [0.2, 0.25) is 0 Å². The van der Waals surface area contributed by atoms with Gasteiger partial charge in [0.1, 0.15) is 11.5 Å². The Morgan fingerprint density at radius 1 is 0.667 bits per heavy atom. The summed E-state index contributed by atoms with van der Waals surface area (Å²) < 4.78 is 0. The Hall–Kier alpha value is -2.81. The van der Waals surface area contributed by atoms with E-state index in [9.17, 15) is 10.2 Å². The molecule has 3 rings (SSSR count). The van der Waals surface area contributed by atoms with Crippen molar-refractivity contribution in [3.63, 3.8) is 0 Å². The van der Waals surface area contributed by atoms with Gasteiger partial charge in [0.25, 0.3) is 0 Å². The first-order chi connectivity index (χ1) is 10.2. The minimum absolute atomic E-state index is 0.0138. The van der Waals surface area contributed by atoms with Crippen molar-refractivity contribution in [2.45, 2.75) is 5.92 Å². The van der Waals surface area contributed by atoms with Gasteiger partial charge in [0.15, 0.2) is 0 Å². The van der Waals surface area contributed by atoms with Crippen LogP contribution in [-0.4, -0.2) is 15.2 Å². The zero-order chi connectivity index (χ0) is 14.7. The van der Waals surface area contributed by atoms with Crippen LogP contribution in [0, 0.1) is 0 Å². The number of hydrogen-bond donors (Lipinski definition) is 2. The fourth-order valence-corrected chi connectivity index (χ4v) is 2.46. The van der Waals surface area contributed by atoms with Crippen LogP contribution in [0.15, 0.2) is 73.1 Å². The normalized spacial score (nSPS) is 10.7. The van der Waals surface area contributed by atoms with Crippen molar-refractivity contribution >= 4 is 0 Å². The van der Waals surface area contributed by atoms with Crippen LogP contribution in [0.2, 0.25) is 0 Å². The summed E-state index contributed by atoms with van der Waals surface area (Å²) in [5.74, 6) is 0.503. The summed E-state index contributed by atoms with van der Waals surface area (Å²) in [5.41, 5.74) is 3.19. The van der Waals surface area contributed by atoms with Crippen molar-refractivity contribution < 1.29 is 10.2 Å². The summed E-state index contributed by atoms with van der Waals surface area (Å²) in [5, 5.41) is 18.9. The van der Waals surface area contributed by atoms with E-state index < -0.39 is 0 Å². The Morgan fingerprint density at radius 2 is 1.19 bits per heavy atom. The van der Waals surface area contributed by atoms with E-state index in [0.29, 0.717) is 0 Å². The largest absolute Gasteiger partial charge is 0.508 e. The molecule has 0 aliphatic carbocycles. The molecule has 0 fully saturated rings. The molecule has 1 aromatic heterocycles. The molecule has 0 saturated heterocycles. The molecular formula is C18H15NO2. The Balaban J connectivity index is 2.11. The maximum Gasteiger partial charge on any atom is 0.115 e. The Kier molecular flexibility index (Phi) is 3.56. The van der Waals surface area contributed by atoms with E-state index >= 15 is 0 Å². The summed E-state index contributed by atoms with van der Waals surface area (Å²) in [6, 6.07) is 18.3. The summed E-state index contributed by atoms with van der Waals surface area (Å²) in [6.07, 6.45) is 3.58. The number of hydrogen-bond acceptors (Lipinski definition) is 3. The van der Waals surface area contributed by atoms with Gasteiger partial charge >= 0.3 is 0 Å². The lowest BCUT2D eigenvalue weighted by atomic mass is 9.86. The van der Waals surface area contributed by atoms with Crippen molar-refractivity contribution in [2.75, 3.05) is 0 Å². The van der Waals surface area contributed by atoms with E-state index in [0.717, 1.165) is 16.7 Å². The van der Waals surface area contributed by atoms with Crippen molar-refractivity contribution in [3.8, 4) is 11.5 Å². The van der Waals surface area contributed by atoms with E-state index in [1.165, 1.54) is 0 Å². The number of aromatic nitrogens is 1. The summed E-state index contributed by atoms with van der Waals surface area (Å²) >= 11 is 0. The molecule has 0 unspecified atom stereocenters. The van der Waals surface area contributed by atoms with Crippen molar-refractivity contribution in [2.24, 2.45) is 0 Å². The van der Waals surface area contributed by atoms with E-state index in [4.69, 9.17) is 0 Å². The number of rotatable bonds is 3. The third kappa shape index (κ3) is 2.87. The topological polar surface area (TPSA) is 53.4 Å². The highest BCUT2D eigenvalue weighted by Crippen LogP contribution is 2.32. The second-order valence-electron chi connectivity index (χ2n) is 4.90. The second-order valence-corrected chi connectivity index (χ2v) is 4.90. The first-order valence-corrected chi connectivity index (χ1v) is 6.72. The molecule has 0 aliphatic heterocycles. The fraction of sp³-hybridized carbons (Fsp3) is 0.0556. The molecule has 3 heteroatoms. The number of aromatic hydroxyl groups is 2. The summed E-state index contributed by atoms with van der Waals surface area (Å²) in [6.45, 7) is 0. The SMILES string of the molecule is Oc1ccc(C(c2ccc(O)cc2)c2cccnc2)cc1. The second kappa shape index (κ2) is 5.67. The van der Waals surface area contributed by atoms with Crippen molar-refractivity contribution in [1.82, 2.24) is 4.98 Å².